The Balaban J connectivity index is 1.45. The molecule has 1 amide bonds. The first-order valence-corrected chi connectivity index (χ1v) is 15.0. The fraction of sp³-hybridized carbons (Fsp3) is 0.583. The van der Waals surface area contributed by atoms with Gasteiger partial charge in [0.25, 0.3) is 0 Å². The third kappa shape index (κ3) is 5.73. The van der Waals surface area contributed by atoms with Crippen molar-refractivity contribution in [1.82, 2.24) is 29.3 Å². The van der Waals surface area contributed by atoms with E-state index < -0.39 is 10.0 Å². The summed E-state index contributed by atoms with van der Waals surface area (Å²) in [6.45, 7) is 6.18. The summed E-state index contributed by atoms with van der Waals surface area (Å²) >= 11 is 1.39. The number of carbonyl (C=O) groups is 1. The van der Waals surface area contributed by atoms with Gasteiger partial charge in [-0.15, -0.1) is 21.5 Å². The fourth-order valence-electron chi connectivity index (χ4n) is 4.69. The van der Waals surface area contributed by atoms with Gasteiger partial charge in [-0.25, -0.2) is 13.1 Å². The van der Waals surface area contributed by atoms with Crippen LogP contribution < -0.4 is 15.4 Å². The zero-order valence-corrected chi connectivity index (χ0v) is 23.2. The van der Waals surface area contributed by atoms with Gasteiger partial charge in [0, 0.05) is 37.0 Å². The van der Waals surface area contributed by atoms with Gasteiger partial charge in [0.15, 0.2) is 0 Å². The van der Waals surface area contributed by atoms with E-state index >= 15 is 0 Å². The largest absolute Gasteiger partial charge is 0.317 e. The highest BCUT2D eigenvalue weighted by atomic mass is 32.2. The Hall–Kier alpha value is -2.77. The molecule has 3 aromatic rings. The molecule has 2 aliphatic carbocycles. The van der Waals surface area contributed by atoms with Gasteiger partial charge in [0.05, 0.1) is 5.69 Å². The van der Waals surface area contributed by atoms with E-state index in [1.54, 1.807) is 11.0 Å². The number of fused-ring (bicyclic) bond motifs is 1. The molecule has 2 aliphatic rings. The molecule has 0 spiro atoms. The molecule has 0 aliphatic heterocycles. The van der Waals surface area contributed by atoms with Gasteiger partial charge in [0.2, 0.25) is 21.9 Å². The van der Waals surface area contributed by atoms with Crippen molar-refractivity contribution in [2.45, 2.75) is 70.2 Å². The molecule has 3 N–H and O–H groups in total. The van der Waals surface area contributed by atoms with Crippen LogP contribution in [0.4, 0.5) is 16.8 Å². The third-order valence-electron chi connectivity index (χ3n) is 6.77. The molecule has 11 nitrogen and oxygen atoms in total. The zero-order chi connectivity index (χ0) is 26.3. The minimum atomic E-state index is -3.82. The predicted octanol–water partition coefficient (Wildman–Crippen LogP) is 3.53. The summed E-state index contributed by atoms with van der Waals surface area (Å²) in [6, 6.07) is 1.89. The number of carbonyl (C=O) groups excluding carboxylic acids is 1. The van der Waals surface area contributed by atoms with E-state index in [1.165, 1.54) is 11.3 Å². The van der Waals surface area contributed by atoms with Gasteiger partial charge in [-0.3, -0.25) is 14.0 Å². The van der Waals surface area contributed by atoms with E-state index in [2.05, 4.69) is 30.7 Å². The Morgan fingerprint density at radius 2 is 2.05 bits per heavy atom. The second kappa shape index (κ2) is 10.2. The third-order valence-corrected chi connectivity index (χ3v) is 9.64. The fourth-order valence-corrected chi connectivity index (χ4v) is 7.89. The summed E-state index contributed by atoms with van der Waals surface area (Å²) < 4.78 is 33.5. The van der Waals surface area contributed by atoms with E-state index in [0.29, 0.717) is 42.7 Å². The summed E-state index contributed by atoms with van der Waals surface area (Å²) in [5.74, 6) is 1.83. The number of anilines is 3. The number of sulfonamides is 1. The highest BCUT2D eigenvalue weighted by molar-refractivity contribution is 7.90. The Kier molecular flexibility index (Phi) is 7.12. The zero-order valence-electron chi connectivity index (χ0n) is 21.6. The molecule has 13 heteroatoms. The predicted molar refractivity (Wildman–Crippen MR) is 143 cm³/mol. The minimum Gasteiger partial charge on any atom is -0.317 e. The molecule has 0 saturated heterocycles. The van der Waals surface area contributed by atoms with Crippen LogP contribution in [0.3, 0.4) is 0 Å². The van der Waals surface area contributed by atoms with Crippen LogP contribution in [0, 0.1) is 18.8 Å². The molecule has 0 aromatic carbocycles. The van der Waals surface area contributed by atoms with Crippen LogP contribution in [0.2, 0.25) is 0 Å². The standard InChI is InChI=1S/C24H34N8O3S2/c1-14(2)12-26-37(34,35)22-18-11-17(7-8-19(18)36-23(22)28-21(33)10-16-5-6-16)32-13-25-29-24(32)27-20-9-15(3)30-31(20)4/h9,13-14,16-17,26H,5-8,10-12H2,1-4H3,(H,27,29)(H,28,33). The van der Waals surface area contributed by atoms with Crippen molar-refractivity contribution in [2.24, 2.45) is 18.9 Å². The molecular weight excluding hydrogens is 512 g/mol. The van der Waals surface area contributed by atoms with Crippen molar-refractivity contribution in [3.05, 3.63) is 28.5 Å². The topological polar surface area (TPSA) is 136 Å². The average molecular weight is 547 g/mol. The van der Waals surface area contributed by atoms with Gasteiger partial charge in [0.1, 0.15) is 22.0 Å². The van der Waals surface area contributed by atoms with Crippen LogP contribution in [0.1, 0.15) is 61.7 Å². The molecule has 200 valence electrons. The Labute approximate surface area is 221 Å². The first-order valence-electron chi connectivity index (χ1n) is 12.7. The van der Waals surface area contributed by atoms with Crippen molar-refractivity contribution in [1.29, 1.82) is 0 Å². The second-order valence-corrected chi connectivity index (χ2v) is 13.3. The summed E-state index contributed by atoms with van der Waals surface area (Å²) in [4.78, 5) is 13.9. The van der Waals surface area contributed by atoms with E-state index in [9.17, 15) is 13.2 Å². The number of nitrogens with one attached hydrogen (secondary N) is 3. The van der Waals surface area contributed by atoms with Crippen molar-refractivity contribution < 1.29 is 13.2 Å². The highest BCUT2D eigenvalue weighted by Gasteiger charge is 2.35. The van der Waals surface area contributed by atoms with E-state index in [1.807, 2.05) is 38.5 Å². The van der Waals surface area contributed by atoms with Gasteiger partial charge in [-0.1, -0.05) is 13.8 Å². The minimum absolute atomic E-state index is 0.0389. The number of aromatic nitrogens is 5. The summed E-state index contributed by atoms with van der Waals surface area (Å²) in [7, 11) is -1.96. The molecule has 0 radical (unpaired) electrons. The number of thiophene rings is 1. The molecule has 1 atom stereocenters. The number of rotatable bonds is 10. The smallest absolute Gasteiger partial charge is 0.243 e. The first kappa shape index (κ1) is 25.9. The van der Waals surface area contributed by atoms with Gasteiger partial charge in [-0.2, -0.15) is 5.10 Å². The molecular formula is C24H34N8O3S2. The van der Waals surface area contributed by atoms with E-state index in [4.69, 9.17) is 0 Å². The number of hydrogen-bond donors (Lipinski definition) is 3. The summed E-state index contributed by atoms with van der Waals surface area (Å²) in [6.07, 6.45) is 6.25. The molecule has 0 bridgehead atoms. The quantitative estimate of drug-likeness (QED) is 0.354. The molecule has 37 heavy (non-hydrogen) atoms. The van der Waals surface area contributed by atoms with Crippen molar-refractivity contribution in [2.75, 3.05) is 17.2 Å². The summed E-state index contributed by atoms with van der Waals surface area (Å²) in [5.41, 5.74) is 1.66. The van der Waals surface area contributed by atoms with Crippen molar-refractivity contribution in [3.8, 4) is 0 Å². The lowest BCUT2D eigenvalue weighted by Crippen LogP contribution is -2.30. The van der Waals surface area contributed by atoms with Crippen LogP contribution in [0.5, 0.6) is 0 Å². The number of hydrogen-bond acceptors (Lipinski definition) is 8. The maximum Gasteiger partial charge on any atom is 0.243 e. The van der Waals surface area contributed by atoms with Crippen molar-refractivity contribution in [3.63, 3.8) is 0 Å². The van der Waals surface area contributed by atoms with Crippen molar-refractivity contribution >= 4 is 44.0 Å². The molecule has 1 fully saturated rings. The molecule has 3 aromatic heterocycles. The molecule has 3 heterocycles. The van der Waals surface area contributed by atoms with Crippen LogP contribution in [0.25, 0.3) is 0 Å². The molecule has 5 rings (SSSR count). The van der Waals surface area contributed by atoms with E-state index in [0.717, 1.165) is 41.2 Å². The van der Waals surface area contributed by atoms with Crippen LogP contribution in [-0.4, -0.2) is 45.4 Å². The highest BCUT2D eigenvalue weighted by Crippen LogP contribution is 2.44. The monoisotopic (exact) mass is 546 g/mol. The molecule has 1 saturated carbocycles. The van der Waals surface area contributed by atoms with Gasteiger partial charge in [-0.05, 0) is 56.4 Å². The SMILES string of the molecule is Cc1cc(Nc2nncn2C2CCc3sc(NC(=O)CC4CC4)c(S(=O)(=O)NCC(C)C)c3C2)n(C)n1. The molecule has 1 unspecified atom stereocenters. The lowest BCUT2D eigenvalue weighted by Gasteiger charge is -2.25. The normalized spacial score (nSPS) is 17.7. The van der Waals surface area contributed by atoms with Crippen LogP contribution in [-0.2, 0) is 34.7 Å². The second-order valence-electron chi connectivity index (χ2n) is 10.5. The van der Waals surface area contributed by atoms with Crippen LogP contribution >= 0.6 is 11.3 Å². The number of amides is 1. The van der Waals surface area contributed by atoms with Gasteiger partial charge < -0.3 is 10.6 Å². The first-order chi connectivity index (χ1) is 17.6. The average Bonchev–Trinajstić information content (AvgIpc) is 3.23. The Morgan fingerprint density at radius 1 is 1.27 bits per heavy atom. The summed E-state index contributed by atoms with van der Waals surface area (Å²) in [5, 5.41) is 19.4. The lowest BCUT2D eigenvalue weighted by atomic mass is 9.94. The Morgan fingerprint density at radius 3 is 2.73 bits per heavy atom. The van der Waals surface area contributed by atoms with Gasteiger partial charge >= 0.3 is 0 Å². The Bertz CT molecular complexity index is 1400. The lowest BCUT2D eigenvalue weighted by molar-refractivity contribution is -0.116. The number of aryl methyl sites for hydroxylation is 3. The number of nitrogens with zero attached hydrogens (tertiary/aromatic N) is 5. The maximum absolute atomic E-state index is 13.5. The maximum atomic E-state index is 13.5. The van der Waals surface area contributed by atoms with E-state index in [-0.39, 0.29) is 22.8 Å². The van der Waals surface area contributed by atoms with Crippen LogP contribution in [0.15, 0.2) is 17.3 Å².